The molecule has 4 bridgehead atoms. The normalized spacial score (nSPS) is 29.1. The highest BCUT2D eigenvalue weighted by molar-refractivity contribution is 5.83. The maximum Gasteiger partial charge on any atom is 0.135 e. The van der Waals surface area contributed by atoms with Gasteiger partial charge in [-0.25, -0.2) is 0 Å². The van der Waals surface area contributed by atoms with Crippen molar-refractivity contribution in [1.82, 2.24) is 9.97 Å². The van der Waals surface area contributed by atoms with Gasteiger partial charge >= 0.3 is 0 Å². The number of ether oxygens (including phenoxy) is 2. The Morgan fingerprint density at radius 3 is 1.55 bits per heavy atom. The van der Waals surface area contributed by atoms with Gasteiger partial charge in [-0.1, -0.05) is 78.9 Å². The molecule has 2 aromatic heterocycles. The average molecular weight is 798 g/mol. The molecule has 60 heavy (non-hydrogen) atoms. The van der Waals surface area contributed by atoms with E-state index < -0.39 is 0 Å². The number of pyridine rings is 2. The summed E-state index contributed by atoms with van der Waals surface area (Å²) in [5.41, 5.74) is 7.42. The molecule has 8 heterocycles. The predicted molar refractivity (Wildman–Crippen MR) is 240 cm³/mol. The molecule has 6 saturated heterocycles. The molecule has 0 aliphatic carbocycles. The Hall–Kier alpha value is -5.23. The van der Waals surface area contributed by atoms with Crippen molar-refractivity contribution in [2.75, 3.05) is 39.4 Å². The minimum Gasteiger partial charge on any atom is -0.363 e. The van der Waals surface area contributed by atoms with Gasteiger partial charge < -0.3 is 18.4 Å². The highest BCUT2D eigenvalue weighted by Gasteiger charge is 2.57. The number of piperidine rings is 6. The van der Waals surface area contributed by atoms with E-state index in [0.717, 1.165) is 112 Å². The third-order valence-corrected chi connectivity index (χ3v) is 15.1. The molecule has 10 atom stereocenters. The Morgan fingerprint density at radius 1 is 0.650 bits per heavy atom. The SMILES string of the molecule is C=CCO[C@H](c1ccnc2ccccc12)[C@H]1C[C@@H]2CC[N@@+]1(Cc1cccc(C[N@@+]34CC[C@@H](C[C@@H]3[C@H](OCC=C)c3ccnc5ccccc35)[C@@H](C=C)C4)c1C#N)C[C@@H]2C=C. The number of quaternary nitrogens is 2. The molecule has 0 radical (unpaired) electrons. The lowest BCUT2D eigenvalue weighted by atomic mass is 9.70. The molecule has 0 amide bonds. The van der Waals surface area contributed by atoms with E-state index in [2.05, 4.69) is 123 Å². The second-order valence-corrected chi connectivity index (χ2v) is 18.1. The lowest BCUT2D eigenvalue weighted by molar-refractivity contribution is -0.985. The van der Waals surface area contributed by atoms with Crippen LogP contribution in [0.3, 0.4) is 0 Å². The van der Waals surface area contributed by atoms with Crippen LogP contribution >= 0.6 is 0 Å². The lowest BCUT2D eigenvalue weighted by Crippen LogP contribution is -2.68. The predicted octanol–water partition coefficient (Wildman–Crippen LogP) is 10.4. The summed E-state index contributed by atoms with van der Waals surface area (Å²) in [6.07, 6.45) is 16.0. The summed E-state index contributed by atoms with van der Waals surface area (Å²) in [4.78, 5) is 9.45. The molecule has 7 heteroatoms. The van der Waals surface area contributed by atoms with Crippen LogP contribution in [0.2, 0.25) is 0 Å². The van der Waals surface area contributed by atoms with E-state index in [9.17, 15) is 5.26 Å². The van der Waals surface area contributed by atoms with Gasteiger partial charge in [0.2, 0.25) is 0 Å². The summed E-state index contributed by atoms with van der Waals surface area (Å²) in [7, 11) is 0. The second-order valence-electron chi connectivity index (χ2n) is 18.1. The number of hydrogen-bond acceptors (Lipinski definition) is 5. The highest BCUT2D eigenvalue weighted by atomic mass is 16.5. The molecule has 6 aliphatic heterocycles. The smallest absolute Gasteiger partial charge is 0.135 e. The van der Waals surface area contributed by atoms with E-state index in [1.54, 1.807) is 0 Å². The maximum atomic E-state index is 11.3. The number of fused-ring (bicyclic) bond motifs is 8. The van der Waals surface area contributed by atoms with Crippen molar-refractivity contribution < 1.29 is 18.4 Å². The lowest BCUT2D eigenvalue weighted by Gasteiger charge is -2.59. The molecule has 0 spiro atoms. The zero-order valence-electron chi connectivity index (χ0n) is 35.0. The van der Waals surface area contributed by atoms with E-state index in [-0.39, 0.29) is 24.3 Å². The minimum atomic E-state index is -0.153. The number of hydrogen-bond donors (Lipinski definition) is 0. The summed E-state index contributed by atoms with van der Waals surface area (Å²) < 4.78 is 15.5. The van der Waals surface area contributed by atoms with Crippen LogP contribution in [0.25, 0.3) is 21.8 Å². The van der Waals surface area contributed by atoms with Crippen molar-refractivity contribution in [3.8, 4) is 6.07 Å². The molecule has 6 aliphatic rings. The van der Waals surface area contributed by atoms with Crippen LogP contribution in [0.4, 0.5) is 0 Å². The topological polar surface area (TPSA) is 68.0 Å². The number of benzene rings is 3. The minimum absolute atomic E-state index is 0.153. The first-order chi connectivity index (χ1) is 29.4. The van der Waals surface area contributed by atoms with Gasteiger partial charge in [0.05, 0.1) is 56.0 Å². The third-order valence-electron chi connectivity index (χ3n) is 15.1. The van der Waals surface area contributed by atoms with E-state index in [1.807, 2.05) is 24.5 Å². The van der Waals surface area contributed by atoms with Gasteiger partial charge in [-0.3, -0.25) is 9.97 Å². The Kier molecular flexibility index (Phi) is 11.4. The second kappa shape index (κ2) is 17.0. The van der Waals surface area contributed by atoms with Gasteiger partial charge in [0, 0.05) is 71.8 Å². The molecule has 3 aromatic carbocycles. The van der Waals surface area contributed by atoms with Crippen molar-refractivity contribution in [2.24, 2.45) is 23.7 Å². The Labute approximate surface area is 356 Å². The maximum absolute atomic E-state index is 11.3. The molecule has 306 valence electrons. The Bertz CT molecular complexity index is 2290. The van der Waals surface area contributed by atoms with E-state index in [4.69, 9.17) is 19.4 Å². The van der Waals surface area contributed by atoms with E-state index in [0.29, 0.717) is 36.9 Å². The Morgan fingerprint density at radius 2 is 1.12 bits per heavy atom. The molecule has 7 nitrogen and oxygen atoms in total. The number of nitriles is 1. The highest BCUT2D eigenvalue weighted by Crippen LogP contribution is 2.51. The van der Waals surface area contributed by atoms with Gasteiger partial charge in [0.25, 0.3) is 0 Å². The Balaban J connectivity index is 1.11. The number of aromatic nitrogens is 2. The van der Waals surface area contributed by atoms with Crippen molar-refractivity contribution >= 4 is 21.8 Å². The van der Waals surface area contributed by atoms with Gasteiger partial charge in [-0.05, 0) is 47.2 Å². The fraction of sp³-hybridized carbons (Fsp3) is 0.377. The molecule has 5 aromatic rings. The van der Waals surface area contributed by atoms with Crippen molar-refractivity contribution in [3.05, 3.63) is 170 Å². The molecule has 11 rings (SSSR count). The number of nitrogens with zero attached hydrogens (tertiary/aromatic N) is 5. The molecule has 6 fully saturated rings. The van der Waals surface area contributed by atoms with Gasteiger partial charge in [-0.2, -0.15) is 5.26 Å². The molecule has 0 unspecified atom stereocenters. The zero-order chi connectivity index (χ0) is 41.3. The zero-order valence-corrected chi connectivity index (χ0v) is 35.0. The van der Waals surface area contributed by atoms with Crippen molar-refractivity contribution in [2.45, 2.75) is 63.1 Å². The monoisotopic (exact) mass is 797 g/mol. The molecular weight excluding hydrogens is 739 g/mol. The molecule has 0 N–H and O–H groups in total. The summed E-state index contributed by atoms with van der Waals surface area (Å²) in [5.74, 6) is 1.94. The van der Waals surface area contributed by atoms with Crippen LogP contribution in [-0.4, -0.2) is 70.4 Å². The van der Waals surface area contributed by atoms with Crippen LogP contribution < -0.4 is 0 Å². The molecule has 0 saturated carbocycles. The van der Waals surface area contributed by atoms with Crippen LogP contribution in [0.5, 0.6) is 0 Å². The fourth-order valence-electron chi connectivity index (χ4n) is 12.4. The van der Waals surface area contributed by atoms with Gasteiger partial charge in [0.15, 0.2) is 0 Å². The van der Waals surface area contributed by atoms with Crippen LogP contribution in [0, 0.1) is 35.0 Å². The summed E-state index contributed by atoms with van der Waals surface area (Å²) in [5, 5.41) is 13.6. The van der Waals surface area contributed by atoms with E-state index >= 15 is 0 Å². The van der Waals surface area contributed by atoms with Crippen LogP contribution in [-0.2, 0) is 22.6 Å². The third kappa shape index (κ3) is 7.14. The number of rotatable bonds is 16. The average Bonchev–Trinajstić information content (AvgIpc) is 3.29. The van der Waals surface area contributed by atoms with Gasteiger partial charge in [-0.15, -0.1) is 26.3 Å². The standard InChI is InChI=1S/C53H59N5O2/c1-5-28-59-52(45-20-24-55-48-18-11-9-16-43(45)48)50-30-39-22-26-57(50,33-37(39)7-3)35-41-14-13-15-42(47(41)32-54)36-58-27-23-40(38(8-4)34-58)31-51(58)53(60-29-6-2)46-21-25-56-49-19-12-10-17-44(46)49/h5-21,24-25,37-40,50-53H,1-4,22-23,26-31,33-36H2/q+2/t37-,38-,39-,40-,50+,51+,52+,53+,57-,58-/m0/s1. The first-order valence-electron chi connectivity index (χ1n) is 22.0. The summed E-state index contributed by atoms with van der Waals surface area (Å²) in [6, 6.07) is 31.0. The largest absolute Gasteiger partial charge is 0.363 e. The van der Waals surface area contributed by atoms with Crippen molar-refractivity contribution in [1.29, 1.82) is 5.26 Å². The quantitative estimate of drug-likeness (QED) is 0.0735. The fourth-order valence-corrected chi connectivity index (χ4v) is 12.4. The van der Waals surface area contributed by atoms with E-state index in [1.165, 1.54) is 11.1 Å². The first-order valence-corrected chi connectivity index (χ1v) is 22.0. The summed E-state index contributed by atoms with van der Waals surface area (Å²) in [6.45, 7) is 23.3. The molecular formula is C53H59N5O2+2. The van der Waals surface area contributed by atoms with Crippen LogP contribution in [0.1, 0.15) is 65.7 Å². The van der Waals surface area contributed by atoms with Gasteiger partial charge in [0.1, 0.15) is 43.5 Å². The first kappa shape index (κ1) is 40.2. The summed E-state index contributed by atoms with van der Waals surface area (Å²) >= 11 is 0. The van der Waals surface area contributed by atoms with Crippen molar-refractivity contribution in [3.63, 3.8) is 0 Å². The van der Waals surface area contributed by atoms with Crippen LogP contribution in [0.15, 0.2) is 142 Å². The number of para-hydroxylation sites is 2.